The van der Waals surface area contributed by atoms with E-state index in [2.05, 4.69) is 16.6 Å². The van der Waals surface area contributed by atoms with Crippen molar-refractivity contribution in [3.05, 3.63) is 22.8 Å². The summed E-state index contributed by atoms with van der Waals surface area (Å²) in [6.07, 6.45) is 5.51. The molecule has 1 heterocycles. The SMILES string of the molecule is CSCCCCCNc1ccc(Cl)c(C(=O)O)n1. The van der Waals surface area contributed by atoms with Crippen LogP contribution in [0.2, 0.25) is 5.02 Å². The normalized spacial score (nSPS) is 10.3. The molecule has 0 saturated heterocycles. The van der Waals surface area contributed by atoms with Gasteiger partial charge in [-0.05, 0) is 37.0 Å². The van der Waals surface area contributed by atoms with Crippen molar-refractivity contribution in [2.45, 2.75) is 19.3 Å². The molecule has 0 aromatic carbocycles. The van der Waals surface area contributed by atoms with E-state index in [4.69, 9.17) is 16.7 Å². The second kappa shape index (κ2) is 8.21. The largest absolute Gasteiger partial charge is 0.476 e. The van der Waals surface area contributed by atoms with Crippen molar-refractivity contribution < 1.29 is 9.90 Å². The van der Waals surface area contributed by atoms with E-state index in [0.29, 0.717) is 5.82 Å². The van der Waals surface area contributed by atoms with Gasteiger partial charge in [-0.1, -0.05) is 18.0 Å². The Morgan fingerprint density at radius 2 is 2.22 bits per heavy atom. The maximum absolute atomic E-state index is 10.8. The van der Waals surface area contributed by atoms with Crippen molar-refractivity contribution >= 4 is 35.1 Å². The van der Waals surface area contributed by atoms with Crippen LogP contribution in [0.1, 0.15) is 29.8 Å². The van der Waals surface area contributed by atoms with Crippen LogP contribution >= 0.6 is 23.4 Å². The van der Waals surface area contributed by atoms with Gasteiger partial charge in [-0.2, -0.15) is 11.8 Å². The van der Waals surface area contributed by atoms with Crippen LogP contribution in [0.5, 0.6) is 0 Å². The predicted octanol–water partition coefficient (Wildman–Crippen LogP) is 3.38. The van der Waals surface area contributed by atoms with Crippen LogP contribution in [0.3, 0.4) is 0 Å². The fourth-order valence-corrected chi connectivity index (χ4v) is 2.13. The highest BCUT2D eigenvalue weighted by Crippen LogP contribution is 2.16. The smallest absolute Gasteiger partial charge is 0.356 e. The molecule has 0 aliphatic carbocycles. The molecule has 6 heteroatoms. The number of rotatable bonds is 8. The number of hydrogen-bond donors (Lipinski definition) is 2. The van der Waals surface area contributed by atoms with E-state index in [1.54, 1.807) is 12.1 Å². The number of aromatic carboxylic acids is 1. The van der Waals surface area contributed by atoms with E-state index >= 15 is 0 Å². The zero-order valence-electron chi connectivity index (χ0n) is 10.3. The first kappa shape index (κ1) is 15.1. The summed E-state index contributed by atoms with van der Waals surface area (Å²) in [7, 11) is 0. The summed E-state index contributed by atoms with van der Waals surface area (Å²) in [5.74, 6) is 0.632. The topological polar surface area (TPSA) is 62.2 Å². The summed E-state index contributed by atoms with van der Waals surface area (Å²) in [4.78, 5) is 14.8. The van der Waals surface area contributed by atoms with Gasteiger partial charge < -0.3 is 10.4 Å². The van der Waals surface area contributed by atoms with Crippen molar-refractivity contribution in [2.24, 2.45) is 0 Å². The van der Waals surface area contributed by atoms with Gasteiger partial charge in [0.2, 0.25) is 0 Å². The lowest BCUT2D eigenvalue weighted by Crippen LogP contribution is -2.07. The Labute approximate surface area is 116 Å². The Morgan fingerprint density at radius 3 is 2.89 bits per heavy atom. The Balaban J connectivity index is 2.38. The van der Waals surface area contributed by atoms with E-state index < -0.39 is 5.97 Å². The average molecular weight is 289 g/mol. The molecule has 0 amide bonds. The number of carbonyl (C=O) groups is 1. The summed E-state index contributed by atoms with van der Waals surface area (Å²) >= 11 is 7.59. The van der Waals surface area contributed by atoms with Crippen molar-refractivity contribution in [1.29, 1.82) is 0 Å². The molecule has 0 aliphatic rings. The molecule has 0 saturated carbocycles. The van der Waals surface area contributed by atoms with Crippen molar-refractivity contribution in [2.75, 3.05) is 23.9 Å². The molecular formula is C12H17ClN2O2S. The first-order valence-electron chi connectivity index (χ1n) is 5.78. The number of thioether (sulfide) groups is 1. The minimum absolute atomic E-state index is 0.107. The van der Waals surface area contributed by atoms with Gasteiger partial charge >= 0.3 is 5.97 Å². The Hall–Kier alpha value is -0.940. The summed E-state index contributed by atoms with van der Waals surface area (Å²) in [6, 6.07) is 3.24. The Morgan fingerprint density at radius 1 is 1.44 bits per heavy atom. The van der Waals surface area contributed by atoms with Gasteiger partial charge in [0.05, 0.1) is 5.02 Å². The summed E-state index contributed by atoms with van der Waals surface area (Å²) in [5, 5.41) is 12.1. The van der Waals surface area contributed by atoms with Crippen molar-refractivity contribution in [1.82, 2.24) is 4.98 Å². The standard InChI is InChI=1S/C12H17ClN2O2S/c1-18-8-4-2-3-7-14-10-6-5-9(13)11(15-10)12(16)17/h5-6H,2-4,7-8H2,1H3,(H,14,15)(H,16,17). The van der Waals surface area contributed by atoms with Crippen LogP contribution in [-0.4, -0.2) is 34.6 Å². The zero-order valence-corrected chi connectivity index (χ0v) is 11.9. The molecule has 0 spiro atoms. The highest BCUT2D eigenvalue weighted by Gasteiger charge is 2.10. The minimum atomic E-state index is -1.11. The third-order valence-electron chi connectivity index (χ3n) is 2.38. The molecule has 100 valence electrons. The molecule has 0 unspecified atom stereocenters. The van der Waals surface area contributed by atoms with E-state index in [0.717, 1.165) is 19.4 Å². The quantitative estimate of drug-likeness (QED) is 0.718. The number of pyridine rings is 1. The van der Waals surface area contributed by atoms with E-state index in [1.807, 2.05) is 11.8 Å². The second-order valence-corrected chi connectivity index (χ2v) is 5.21. The maximum atomic E-state index is 10.8. The lowest BCUT2D eigenvalue weighted by Gasteiger charge is -2.06. The van der Waals surface area contributed by atoms with Crippen molar-refractivity contribution in [3.8, 4) is 0 Å². The average Bonchev–Trinajstić information content (AvgIpc) is 2.35. The molecule has 1 rings (SSSR count). The summed E-state index contributed by atoms with van der Waals surface area (Å²) in [6.45, 7) is 0.794. The summed E-state index contributed by atoms with van der Waals surface area (Å²) in [5.41, 5.74) is -0.107. The molecule has 4 nitrogen and oxygen atoms in total. The molecule has 0 aliphatic heterocycles. The number of anilines is 1. The third-order valence-corrected chi connectivity index (χ3v) is 3.38. The number of carboxylic acids is 1. The van der Waals surface area contributed by atoms with Gasteiger partial charge in [0, 0.05) is 6.54 Å². The number of nitrogens with one attached hydrogen (secondary N) is 1. The molecular weight excluding hydrogens is 272 g/mol. The Bertz CT molecular complexity index is 402. The van der Waals surface area contributed by atoms with E-state index in [9.17, 15) is 4.79 Å². The number of nitrogens with zero attached hydrogens (tertiary/aromatic N) is 1. The molecule has 2 N–H and O–H groups in total. The number of hydrogen-bond acceptors (Lipinski definition) is 4. The fraction of sp³-hybridized carbons (Fsp3) is 0.500. The molecule has 0 bridgehead atoms. The molecule has 0 atom stereocenters. The van der Waals surface area contributed by atoms with Gasteiger partial charge in [0.25, 0.3) is 0 Å². The zero-order chi connectivity index (χ0) is 13.4. The van der Waals surface area contributed by atoms with Crippen LogP contribution in [0.4, 0.5) is 5.82 Å². The second-order valence-electron chi connectivity index (χ2n) is 3.81. The first-order chi connectivity index (χ1) is 8.65. The number of unbranched alkanes of at least 4 members (excludes halogenated alkanes) is 2. The number of carboxylic acid groups (broad SMARTS) is 1. The van der Waals surface area contributed by atoms with Crippen LogP contribution < -0.4 is 5.32 Å². The monoisotopic (exact) mass is 288 g/mol. The van der Waals surface area contributed by atoms with Crippen LogP contribution in [-0.2, 0) is 0 Å². The van der Waals surface area contributed by atoms with Gasteiger partial charge in [0.1, 0.15) is 5.82 Å². The summed E-state index contributed by atoms with van der Waals surface area (Å²) < 4.78 is 0. The lowest BCUT2D eigenvalue weighted by molar-refractivity contribution is 0.0691. The highest BCUT2D eigenvalue weighted by molar-refractivity contribution is 7.98. The molecule has 1 aromatic heterocycles. The number of halogens is 1. The van der Waals surface area contributed by atoms with E-state index in [-0.39, 0.29) is 10.7 Å². The highest BCUT2D eigenvalue weighted by atomic mass is 35.5. The van der Waals surface area contributed by atoms with E-state index in [1.165, 1.54) is 12.2 Å². The molecule has 1 aromatic rings. The molecule has 0 fully saturated rings. The molecule has 18 heavy (non-hydrogen) atoms. The molecule has 0 radical (unpaired) electrons. The van der Waals surface area contributed by atoms with Crippen LogP contribution in [0.25, 0.3) is 0 Å². The van der Waals surface area contributed by atoms with Gasteiger partial charge in [-0.25, -0.2) is 9.78 Å². The minimum Gasteiger partial charge on any atom is -0.476 e. The third kappa shape index (κ3) is 5.14. The maximum Gasteiger partial charge on any atom is 0.356 e. The predicted molar refractivity (Wildman–Crippen MR) is 76.9 cm³/mol. The van der Waals surface area contributed by atoms with Crippen LogP contribution in [0.15, 0.2) is 12.1 Å². The van der Waals surface area contributed by atoms with Gasteiger partial charge in [0.15, 0.2) is 5.69 Å². The van der Waals surface area contributed by atoms with Crippen LogP contribution in [0, 0.1) is 0 Å². The lowest BCUT2D eigenvalue weighted by atomic mass is 10.2. The fourth-order valence-electron chi connectivity index (χ4n) is 1.46. The first-order valence-corrected chi connectivity index (χ1v) is 7.55. The Kier molecular flexibility index (Phi) is 6.90. The van der Waals surface area contributed by atoms with Crippen molar-refractivity contribution in [3.63, 3.8) is 0 Å². The van der Waals surface area contributed by atoms with Gasteiger partial charge in [-0.15, -0.1) is 0 Å². The number of aromatic nitrogens is 1. The van der Waals surface area contributed by atoms with Gasteiger partial charge in [-0.3, -0.25) is 0 Å².